The number of hydrogen-bond donors (Lipinski definition) is 2. The van der Waals surface area contributed by atoms with Crippen molar-refractivity contribution in [2.24, 2.45) is 0 Å². The van der Waals surface area contributed by atoms with Gasteiger partial charge >= 0.3 is 5.97 Å². The van der Waals surface area contributed by atoms with Gasteiger partial charge in [-0.15, -0.1) is 0 Å². The van der Waals surface area contributed by atoms with E-state index in [1.54, 1.807) is 6.07 Å². The first-order chi connectivity index (χ1) is 12.6. The van der Waals surface area contributed by atoms with E-state index in [0.717, 1.165) is 11.1 Å². The summed E-state index contributed by atoms with van der Waals surface area (Å²) in [5, 5.41) is 0. The van der Waals surface area contributed by atoms with Gasteiger partial charge in [0.05, 0.1) is 5.56 Å². The predicted molar refractivity (Wildman–Crippen MR) is 103 cm³/mol. The Morgan fingerprint density at radius 3 is 2.04 bits per heavy atom. The van der Waals surface area contributed by atoms with E-state index in [2.05, 4.69) is 12.1 Å². The van der Waals surface area contributed by atoms with Gasteiger partial charge in [0, 0.05) is 11.4 Å². The Kier molecular flexibility index (Phi) is 5.39. The first-order valence-electron chi connectivity index (χ1n) is 8.23. The van der Waals surface area contributed by atoms with Crippen LogP contribution in [-0.2, 0) is 4.74 Å². The molecule has 0 aliphatic rings. The van der Waals surface area contributed by atoms with Crippen molar-refractivity contribution in [2.75, 3.05) is 24.7 Å². The van der Waals surface area contributed by atoms with Crippen LogP contribution in [0.1, 0.15) is 10.4 Å². The molecule has 3 aromatic rings. The monoisotopic (exact) mass is 348 g/mol. The van der Waals surface area contributed by atoms with E-state index in [0.29, 0.717) is 22.7 Å². The lowest BCUT2D eigenvalue weighted by molar-refractivity contribution is 0.0450. The van der Waals surface area contributed by atoms with Crippen molar-refractivity contribution in [1.82, 2.24) is 0 Å². The molecule has 0 heterocycles. The highest BCUT2D eigenvalue weighted by atomic mass is 16.6. The summed E-state index contributed by atoms with van der Waals surface area (Å²) in [6.45, 7) is 0.391. The first kappa shape index (κ1) is 17.4. The van der Waals surface area contributed by atoms with E-state index >= 15 is 0 Å². The largest absolute Gasteiger partial charge is 0.490 e. The molecular formula is C21H20N2O3. The molecule has 3 aromatic carbocycles. The summed E-state index contributed by atoms with van der Waals surface area (Å²) >= 11 is 0. The van der Waals surface area contributed by atoms with Crippen molar-refractivity contribution in [2.45, 2.75) is 0 Å². The molecule has 0 atom stereocenters. The number of hydrogen-bond acceptors (Lipinski definition) is 5. The topological polar surface area (TPSA) is 87.6 Å². The first-order valence-corrected chi connectivity index (χ1v) is 8.23. The molecule has 5 nitrogen and oxygen atoms in total. The lowest BCUT2D eigenvalue weighted by Crippen LogP contribution is -2.13. The molecule has 0 bridgehead atoms. The Balaban J connectivity index is 1.48. The highest BCUT2D eigenvalue weighted by molar-refractivity contribution is 5.91. The van der Waals surface area contributed by atoms with Crippen LogP contribution in [0.25, 0.3) is 11.1 Å². The molecule has 4 N–H and O–H groups in total. The van der Waals surface area contributed by atoms with Crippen molar-refractivity contribution in [3.8, 4) is 16.9 Å². The van der Waals surface area contributed by atoms with Gasteiger partial charge < -0.3 is 20.9 Å². The summed E-state index contributed by atoms with van der Waals surface area (Å²) in [4.78, 5) is 12.0. The average Bonchev–Trinajstić information content (AvgIpc) is 2.65. The normalized spacial score (nSPS) is 10.3. The number of carbonyl (C=O) groups excluding carboxylic acids is 1. The van der Waals surface area contributed by atoms with Gasteiger partial charge in [-0.1, -0.05) is 42.5 Å². The number of rotatable bonds is 6. The molecular weight excluding hydrogens is 328 g/mol. The quantitative estimate of drug-likeness (QED) is 0.402. The fraction of sp³-hybridized carbons (Fsp3) is 0.0952. The van der Waals surface area contributed by atoms with Crippen LogP contribution in [0.15, 0.2) is 72.8 Å². The molecule has 0 aromatic heterocycles. The molecule has 0 aliphatic carbocycles. The van der Waals surface area contributed by atoms with Crippen molar-refractivity contribution < 1.29 is 14.3 Å². The van der Waals surface area contributed by atoms with Crippen LogP contribution in [0.4, 0.5) is 11.4 Å². The number of anilines is 2. The molecule has 0 radical (unpaired) electrons. The molecule has 0 saturated carbocycles. The van der Waals surface area contributed by atoms with Crippen molar-refractivity contribution >= 4 is 17.3 Å². The third kappa shape index (κ3) is 4.54. The minimum Gasteiger partial charge on any atom is -0.490 e. The number of ether oxygens (including phenoxy) is 2. The molecule has 0 aliphatic heterocycles. The number of nitrogens with two attached hydrogens (primary N) is 2. The lowest BCUT2D eigenvalue weighted by Gasteiger charge is -2.09. The number of carbonyl (C=O) groups is 1. The summed E-state index contributed by atoms with van der Waals surface area (Å²) < 4.78 is 10.8. The molecule has 0 saturated heterocycles. The average molecular weight is 348 g/mol. The Morgan fingerprint density at radius 1 is 0.769 bits per heavy atom. The van der Waals surface area contributed by atoms with Gasteiger partial charge in [-0.25, -0.2) is 4.79 Å². The summed E-state index contributed by atoms with van der Waals surface area (Å²) in [7, 11) is 0. The second-order valence-electron chi connectivity index (χ2n) is 5.76. The third-order valence-electron chi connectivity index (χ3n) is 3.76. The zero-order valence-corrected chi connectivity index (χ0v) is 14.2. The maximum absolute atomic E-state index is 12.0. The number of nitrogen functional groups attached to an aromatic ring is 2. The maximum Gasteiger partial charge on any atom is 0.338 e. The second kappa shape index (κ2) is 8.07. The van der Waals surface area contributed by atoms with E-state index in [1.807, 2.05) is 42.5 Å². The third-order valence-corrected chi connectivity index (χ3v) is 3.76. The highest BCUT2D eigenvalue weighted by Crippen LogP contribution is 2.22. The van der Waals surface area contributed by atoms with E-state index in [4.69, 9.17) is 20.9 Å². The molecule has 0 unspecified atom stereocenters. The molecule has 0 fully saturated rings. The van der Waals surface area contributed by atoms with E-state index in [9.17, 15) is 4.79 Å². The van der Waals surface area contributed by atoms with Crippen LogP contribution >= 0.6 is 0 Å². The van der Waals surface area contributed by atoms with Crippen LogP contribution in [0, 0.1) is 0 Å². The molecule has 26 heavy (non-hydrogen) atoms. The number of esters is 1. The van der Waals surface area contributed by atoms with Gasteiger partial charge in [-0.3, -0.25) is 0 Å². The minimum atomic E-state index is -0.480. The van der Waals surface area contributed by atoms with Gasteiger partial charge in [0.1, 0.15) is 19.0 Å². The summed E-state index contributed by atoms with van der Waals surface area (Å²) in [5.41, 5.74) is 14.8. The van der Waals surface area contributed by atoms with E-state index < -0.39 is 5.97 Å². The number of benzene rings is 3. The van der Waals surface area contributed by atoms with Gasteiger partial charge in [0.25, 0.3) is 0 Å². The minimum absolute atomic E-state index is 0.133. The lowest BCUT2D eigenvalue weighted by atomic mass is 10.1. The molecule has 132 valence electrons. The van der Waals surface area contributed by atoms with Gasteiger partial charge in [0.2, 0.25) is 0 Å². The molecule has 0 amide bonds. The highest BCUT2D eigenvalue weighted by Gasteiger charge is 2.08. The molecule has 0 spiro atoms. The van der Waals surface area contributed by atoms with E-state index in [1.165, 1.54) is 12.1 Å². The maximum atomic E-state index is 12.0. The summed E-state index contributed by atoms with van der Waals surface area (Å²) in [5.74, 6) is 0.237. The Labute approximate surface area is 152 Å². The Bertz CT molecular complexity index is 857. The SMILES string of the molecule is Nc1cc(N)cc(C(=O)OCCOc2ccc(-c3ccccc3)cc2)c1. The summed E-state index contributed by atoms with van der Waals surface area (Å²) in [6.07, 6.45) is 0. The van der Waals surface area contributed by atoms with Crippen molar-refractivity contribution in [3.05, 3.63) is 78.4 Å². The van der Waals surface area contributed by atoms with Crippen LogP contribution in [-0.4, -0.2) is 19.2 Å². The van der Waals surface area contributed by atoms with Crippen LogP contribution in [0.3, 0.4) is 0 Å². The Morgan fingerprint density at radius 2 is 1.38 bits per heavy atom. The molecule has 5 heteroatoms. The molecule has 3 rings (SSSR count). The van der Waals surface area contributed by atoms with Crippen molar-refractivity contribution in [3.63, 3.8) is 0 Å². The smallest absolute Gasteiger partial charge is 0.338 e. The predicted octanol–water partition coefficient (Wildman–Crippen LogP) is 3.75. The van der Waals surface area contributed by atoms with Gasteiger partial charge in [0.15, 0.2) is 0 Å². The zero-order valence-electron chi connectivity index (χ0n) is 14.2. The Hall–Kier alpha value is -3.47. The van der Waals surface area contributed by atoms with Gasteiger partial charge in [-0.2, -0.15) is 0 Å². The van der Waals surface area contributed by atoms with Gasteiger partial charge in [-0.05, 0) is 41.5 Å². The van der Waals surface area contributed by atoms with Crippen molar-refractivity contribution in [1.29, 1.82) is 0 Å². The van der Waals surface area contributed by atoms with E-state index in [-0.39, 0.29) is 13.2 Å². The summed E-state index contributed by atoms with van der Waals surface area (Å²) in [6, 6.07) is 22.5. The van der Waals surface area contributed by atoms with Crippen LogP contribution in [0.5, 0.6) is 5.75 Å². The van der Waals surface area contributed by atoms with Crippen LogP contribution < -0.4 is 16.2 Å². The standard InChI is InChI=1S/C21H20N2O3/c22-18-12-17(13-19(23)14-18)21(24)26-11-10-25-20-8-6-16(7-9-20)15-4-2-1-3-5-15/h1-9,12-14H,10-11,22-23H2. The van der Waals surface area contributed by atoms with Crippen LogP contribution in [0.2, 0.25) is 0 Å². The fourth-order valence-electron chi connectivity index (χ4n) is 2.55. The zero-order chi connectivity index (χ0) is 18.4. The fourth-order valence-corrected chi connectivity index (χ4v) is 2.55. The second-order valence-corrected chi connectivity index (χ2v) is 5.76.